The molecule has 3 N–H and O–H groups in total. The molecule has 0 aromatic heterocycles. The molecular formula is C21H25N3O5S. The Hall–Kier alpha value is -2.78. The molecule has 2 aromatic carbocycles. The molecule has 0 saturated heterocycles. The molecule has 2 aliphatic rings. The van der Waals surface area contributed by atoms with E-state index in [2.05, 4.69) is 5.32 Å². The van der Waals surface area contributed by atoms with Gasteiger partial charge in [0, 0.05) is 30.3 Å². The minimum atomic E-state index is -3.75. The number of carbonyl (C=O) groups excluding carboxylic acids is 1. The maximum absolute atomic E-state index is 12.8. The molecule has 160 valence electrons. The Morgan fingerprint density at radius 1 is 1.30 bits per heavy atom. The monoisotopic (exact) mass is 431 g/mol. The average molecular weight is 432 g/mol. The zero-order chi connectivity index (χ0) is 21.5. The van der Waals surface area contributed by atoms with Crippen molar-refractivity contribution < 1.29 is 22.7 Å². The number of hydrogen-bond donors (Lipinski definition) is 2. The third-order valence-electron chi connectivity index (χ3n) is 5.28. The Kier molecular flexibility index (Phi) is 5.33. The highest BCUT2D eigenvalue weighted by atomic mass is 32.2. The van der Waals surface area contributed by atoms with Gasteiger partial charge in [-0.1, -0.05) is 0 Å². The van der Waals surface area contributed by atoms with Gasteiger partial charge in [0.05, 0.1) is 23.7 Å². The van der Waals surface area contributed by atoms with E-state index in [0.29, 0.717) is 31.0 Å². The molecule has 0 fully saturated rings. The lowest BCUT2D eigenvalue weighted by atomic mass is 10.1. The van der Waals surface area contributed by atoms with Crippen molar-refractivity contribution in [3.8, 4) is 11.5 Å². The van der Waals surface area contributed by atoms with Crippen LogP contribution in [0.1, 0.15) is 25.0 Å². The quantitative estimate of drug-likeness (QED) is 0.724. The van der Waals surface area contributed by atoms with Crippen LogP contribution in [0.3, 0.4) is 0 Å². The number of sulfonamides is 1. The van der Waals surface area contributed by atoms with Crippen LogP contribution in [0.5, 0.6) is 11.5 Å². The summed E-state index contributed by atoms with van der Waals surface area (Å²) in [6.45, 7) is 5.16. The van der Waals surface area contributed by atoms with E-state index in [0.717, 1.165) is 29.0 Å². The fourth-order valence-corrected chi connectivity index (χ4v) is 4.53. The van der Waals surface area contributed by atoms with Gasteiger partial charge in [-0.05, 0) is 50.1 Å². The van der Waals surface area contributed by atoms with Gasteiger partial charge in [-0.3, -0.25) is 4.79 Å². The fourth-order valence-electron chi connectivity index (χ4n) is 3.96. The molecule has 0 bridgehead atoms. The van der Waals surface area contributed by atoms with Crippen molar-refractivity contribution in [3.05, 3.63) is 41.5 Å². The Bertz CT molecular complexity index is 1100. The molecule has 0 saturated carbocycles. The first-order valence-corrected chi connectivity index (χ1v) is 11.5. The van der Waals surface area contributed by atoms with Crippen LogP contribution in [0.4, 0.5) is 11.4 Å². The second-order valence-electron chi connectivity index (χ2n) is 7.58. The average Bonchev–Trinajstić information content (AvgIpc) is 3.23. The fraction of sp³-hybridized carbons (Fsp3) is 0.381. The zero-order valence-corrected chi connectivity index (χ0v) is 17.8. The summed E-state index contributed by atoms with van der Waals surface area (Å²) in [5.41, 5.74) is 3.36. The van der Waals surface area contributed by atoms with Crippen LogP contribution in [0.25, 0.3) is 0 Å². The highest BCUT2D eigenvalue weighted by Crippen LogP contribution is 2.38. The van der Waals surface area contributed by atoms with Gasteiger partial charge in [0.15, 0.2) is 0 Å². The lowest BCUT2D eigenvalue weighted by Gasteiger charge is -2.20. The third kappa shape index (κ3) is 4.08. The van der Waals surface area contributed by atoms with Crippen molar-refractivity contribution >= 4 is 27.3 Å². The summed E-state index contributed by atoms with van der Waals surface area (Å²) in [5.74, 6) is 1.20. The minimum Gasteiger partial charge on any atom is -0.492 e. The van der Waals surface area contributed by atoms with Crippen LogP contribution in [0, 0.1) is 0 Å². The number of amides is 1. The summed E-state index contributed by atoms with van der Waals surface area (Å²) in [7, 11) is -3.75. The number of nitrogens with one attached hydrogen (secondary N) is 1. The second-order valence-corrected chi connectivity index (χ2v) is 9.14. The molecule has 9 heteroatoms. The Labute approximate surface area is 176 Å². The molecule has 0 aliphatic carbocycles. The maximum Gasteiger partial charge on any atom is 0.243 e. The third-order valence-corrected chi connectivity index (χ3v) is 6.19. The number of ether oxygens (including phenoxy) is 2. The molecular weight excluding hydrogens is 406 g/mol. The van der Waals surface area contributed by atoms with Gasteiger partial charge in [-0.25, -0.2) is 13.6 Å². The van der Waals surface area contributed by atoms with E-state index in [4.69, 9.17) is 14.6 Å². The highest BCUT2D eigenvalue weighted by molar-refractivity contribution is 7.89. The summed E-state index contributed by atoms with van der Waals surface area (Å²) < 4.78 is 34.6. The van der Waals surface area contributed by atoms with E-state index in [1.165, 1.54) is 6.07 Å². The molecule has 1 amide bonds. The van der Waals surface area contributed by atoms with Gasteiger partial charge >= 0.3 is 0 Å². The molecule has 2 aromatic rings. The number of fused-ring (bicyclic) bond motifs is 2. The summed E-state index contributed by atoms with van der Waals surface area (Å²) in [6.07, 6.45) is 1.57. The van der Waals surface area contributed by atoms with Gasteiger partial charge in [0.25, 0.3) is 0 Å². The van der Waals surface area contributed by atoms with Crippen LogP contribution in [0.2, 0.25) is 0 Å². The molecule has 8 nitrogen and oxygen atoms in total. The number of anilines is 2. The molecule has 30 heavy (non-hydrogen) atoms. The van der Waals surface area contributed by atoms with E-state index in [1.807, 2.05) is 30.9 Å². The second kappa shape index (κ2) is 7.81. The summed E-state index contributed by atoms with van der Waals surface area (Å²) in [6, 6.07) is 8.49. The van der Waals surface area contributed by atoms with Crippen molar-refractivity contribution in [2.75, 3.05) is 29.9 Å². The van der Waals surface area contributed by atoms with E-state index in [-0.39, 0.29) is 23.5 Å². The van der Waals surface area contributed by atoms with E-state index >= 15 is 0 Å². The number of rotatable bonds is 6. The standard InChI is InChI=1S/C21H25N3O5S/c1-3-28-20-10-15-8-13(2)29-19(15)11-17(20)23-21(25)12-24-7-6-14-9-16(30(22,26)27)4-5-18(14)24/h4-5,9-11,13H,3,6-8,12H2,1-2H3,(H,23,25)(H2,22,26,27). The van der Waals surface area contributed by atoms with Gasteiger partial charge in [-0.15, -0.1) is 0 Å². The van der Waals surface area contributed by atoms with E-state index < -0.39 is 10.0 Å². The molecule has 2 heterocycles. The van der Waals surface area contributed by atoms with Gasteiger partial charge in [-0.2, -0.15) is 0 Å². The Morgan fingerprint density at radius 3 is 2.83 bits per heavy atom. The smallest absolute Gasteiger partial charge is 0.243 e. The largest absolute Gasteiger partial charge is 0.492 e. The van der Waals surface area contributed by atoms with Gasteiger partial charge < -0.3 is 19.7 Å². The Balaban J connectivity index is 1.50. The molecule has 0 spiro atoms. The topological polar surface area (TPSA) is 111 Å². The van der Waals surface area contributed by atoms with Crippen LogP contribution in [0.15, 0.2) is 35.2 Å². The molecule has 0 radical (unpaired) electrons. The van der Waals surface area contributed by atoms with E-state index in [9.17, 15) is 13.2 Å². The van der Waals surface area contributed by atoms with Gasteiger partial charge in [0.1, 0.15) is 17.6 Å². The van der Waals surface area contributed by atoms with Crippen LogP contribution in [-0.4, -0.2) is 40.1 Å². The number of primary sulfonamides is 1. The number of carbonyl (C=O) groups is 1. The van der Waals surface area contributed by atoms with Crippen molar-refractivity contribution in [1.82, 2.24) is 0 Å². The van der Waals surface area contributed by atoms with Crippen molar-refractivity contribution in [1.29, 1.82) is 0 Å². The lowest BCUT2D eigenvalue weighted by Crippen LogP contribution is -2.32. The minimum absolute atomic E-state index is 0.0845. The van der Waals surface area contributed by atoms with E-state index in [1.54, 1.807) is 12.1 Å². The van der Waals surface area contributed by atoms with Crippen molar-refractivity contribution in [2.45, 2.75) is 37.7 Å². The number of benzene rings is 2. The number of nitrogens with two attached hydrogens (primary N) is 1. The first kappa shape index (κ1) is 20.5. The Morgan fingerprint density at radius 2 is 2.10 bits per heavy atom. The maximum atomic E-state index is 12.8. The molecule has 2 aliphatic heterocycles. The predicted molar refractivity (Wildman–Crippen MR) is 114 cm³/mol. The van der Waals surface area contributed by atoms with Gasteiger partial charge in [0.2, 0.25) is 15.9 Å². The number of nitrogens with zero attached hydrogens (tertiary/aromatic N) is 1. The first-order valence-electron chi connectivity index (χ1n) is 9.91. The number of hydrogen-bond acceptors (Lipinski definition) is 6. The summed E-state index contributed by atoms with van der Waals surface area (Å²) in [5, 5.41) is 8.14. The summed E-state index contributed by atoms with van der Waals surface area (Å²) >= 11 is 0. The first-order chi connectivity index (χ1) is 14.2. The zero-order valence-electron chi connectivity index (χ0n) is 17.0. The van der Waals surface area contributed by atoms with Crippen molar-refractivity contribution in [3.63, 3.8) is 0 Å². The molecule has 1 atom stereocenters. The SMILES string of the molecule is CCOc1cc2c(cc1NC(=O)CN1CCc3cc(S(N)(=O)=O)ccc31)OC(C)C2. The molecule has 1 unspecified atom stereocenters. The van der Waals surface area contributed by atoms with Crippen LogP contribution in [-0.2, 0) is 27.7 Å². The normalized spacial score (nSPS) is 17.3. The van der Waals surface area contributed by atoms with Crippen LogP contribution < -0.4 is 24.8 Å². The highest BCUT2D eigenvalue weighted by Gasteiger charge is 2.25. The van der Waals surface area contributed by atoms with Crippen molar-refractivity contribution in [2.24, 2.45) is 5.14 Å². The molecule has 4 rings (SSSR count). The van der Waals surface area contributed by atoms with Crippen LogP contribution >= 0.6 is 0 Å². The summed E-state index contributed by atoms with van der Waals surface area (Å²) in [4.78, 5) is 14.8. The predicted octanol–water partition coefficient (Wildman–Crippen LogP) is 2.06. The lowest BCUT2D eigenvalue weighted by molar-refractivity contribution is -0.115.